The van der Waals surface area contributed by atoms with E-state index in [1.807, 2.05) is 12.1 Å². The highest BCUT2D eigenvalue weighted by molar-refractivity contribution is 5.98. The van der Waals surface area contributed by atoms with Gasteiger partial charge in [-0.25, -0.2) is 15.0 Å². The Hall–Kier alpha value is -8.93. The van der Waals surface area contributed by atoms with Crippen molar-refractivity contribution in [3.63, 3.8) is 0 Å². The lowest BCUT2D eigenvalue weighted by Crippen LogP contribution is -2.30. The number of benzene rings is 9. The maximum Gasteiger partial charge on any atom is 0.167 e. The highest BCUT2D eigenvalue weighted by Crippen LogP contribution is 2.54. The molecule has 2 aliphatic rings. The normalized spacial score (nSPS) is 14.7. The Morgan fingerprint density at radius 3 is 1.54 bits per heavy atom. The first-order chi connectivity index (χ1) is 33.7. The monoisotopic (exact) mass is 870 g/mol. The van der Waals surface area contributed by atoms with E-state index >= 15 is 0 Å². The van der Waals surface area contributed by atoms with Gasteiger partial charge in [0.25, 0.3) is 0 Å². The highest BCUT2D eigenvalue weighted by atomic mass is 16.3. The van der Waals surface area contributed by atoms with Gasteiger partial charge < -0.3 is 9.32 Å². The first kappa shape index (κ1) is 39.4. The average molecular weight is 871 g/mol. The molecule has 0 amide bonds. The molecule has 1 aliphatic heterocycles. The second-order valence-electron chi connectivity index (χ2n) is 17.5. The summed E-state index contributed by atoms with van der Waals surface area (Å²) in [5.74, 6) is 2.64. The Bertz CT molecular complexity index is 3680. The summed E-state index contributed by atoms with van der Waals surface area (Å²) in [5, 5.41) is 1.06. The smallest absolute Gasteiger partial charge is 0.167 e. The van der Waals surface area contributed by atoms with Crippen molar-refractivity contribution >= 4 is 28.4 Å². The lowest BCUT2D eigenvalue weighted by molar-refractivity contribution is 0.584. The first-order valence-electron chi connectivity index (χ1n) is 23.2. The van der Waals surface area contributed by atoms with Crippen LogP contribution >= 0.6 is 0 Å². The third-order valence-corrected chi connectivity index (χ3v) is 13.5. The Labute approximate surface area is 395 Å². The van der Waals surface area contributed by atoms with E-state index in [1.54, 1.807) is 0 Å². The quantitative estimate of drug-likeness (QED) is 0.152. The number of hydrogen-bond donors (Lipinski definition) is 0. The summed E-state index contributed by atoms with van der Waals surface area (Å²) in [5.41, 5.74) is 17.5. The zero-order valence-corrected chi connectivity index (χ0v) is 36.9. The molecule has 0 bridgehead atoms. The van der Waals surface area contributed by atoms with Crippen molar-refractivity contribution in [2.75, 3.05) is 4.90 Å². The second kappa shape index (κ2) is 16.5. The van der Waals surface area contributed by atoms with E-state index in [9.17, 15) is 0 Å². The maximum absolute atomic E-state index is 6.99. The zero-order valence-electron chi connectivity index (χ0n) is 36.9. The summed E-state index contributed by atoms with van der Waals surface area (Å²) in [6, 6.07) is 81.4. The molecule has 0 saturated carbocycles. The largest absolute Gasteiger partial charge is 0.456 e. The molecule has 1 aliphatic carbocycles. The van der Waals surface area contributed by atoms with Gasteiger partial charge in [-0.2, -0.15) is 0 Å². The van der Waals surface area contributed by atoms with Crippen LogP contribution in [0.4, 0.5) is 11.4 Å². The Kier molecular flexibility index (Phi) is 9.57. The number of rotatable bonds is 8. The number of hydrogen-bond acceptors (Lipinski definition) is 5. The highest BCUT2D eigenvalue weighted by Gasteiger charge is 2.43. The fourth-order valence-corrected chi connectivity index (χ4v) is 10.2. The lowest BCUT2D eigenvalue weighted by Gasteiger charge is -2.30. The van der Waals surface area contributed by atoms with Crippen LogP contribution in [0, 0.1) is 0 Å². The molecule has 13 rings (SSSR count). The standard InChI is InChI=1S/C63H42N4O/c1-4-15-41(16-5-1)44-29-31-46(32-30-44)49-22-13-24-51(40-49)67-55-28-11-10-25-52(55)58-56(67)37-38-57-59(58)53-26-14-27-54(60(53)68-57)63-65-61(47-35-33-45(34-36-47)42-17-6-2-7-18-42)64-62(66-63)50-23-12-21-48(39-50)43-19-8-3-9-20-43/h1-40,56,58H. The number of para-hydroxylation sites is 2. The Morgan fingerprint density at radius 2 is 0.868 bits per heavy atom. The third-order valence-electron chi connectivity index (χ3n) is 13.5. The van der Waals surface area contributed by atoms with E-state index in [1.165, 1.54) is 39.1 Å². The van der Waals surface area contributed by atoms with E-state index in [0.717, 1.165) is 61.4 Å². The van der Waals surface area contributed by atoms with Crippen LogP contribution < -0.4 is 4.90 Å². The Balaban J connectivity index is 0.903. The van der Waals surface area contributed by atoms with Crippen LogP contribution in [-0.4, -0.2) is 21.0 Å². The number of fused-ring (bicyclic) bond motifs is 7. The summed E-state index contributed by atoms with van der Waals surface area (Å²) in [6.45, 7) is 0. The minimum atomic E-state index is 0.0323. The van der Waals surface area contributed by atoms with Crippen molar-refractivity contribution in [2.24, 2.45) is 0 Å². The molecule has 0 radical (unpaired) electrons. The van der Waals surface area contributed by atoms with Crippen molar-refractivity contribution in [3.8, 4) is 78.7 Å². The third kappa shape index (κ3) is 6.92. The fraction of sp³-hybridized carbons (Fsp3) is 0.0317. The molecular weight excluding hydrogens is 829 g/mol. The molecule has 2 unspecified atom stereocenters. The van der Waals surface area contributed by atoms with Crippen molar-refractivity contribution < 1.29 is 4.42 Å². The summed E-state index contributed by atoms with van der Waals surface area (Å²) >= 11 is 0. The predicted octanol–water partition coefficient (Wildman–Crippen LogP) is 16.0. The van der Waals surface area contributed by atoms with Crippen LogP contribution in [0.5, 0.6) is 0 Å². The molecule has 0 N–H and O–H groups in total. The van der Waals surface area contributed by atoms with E-state index in [0.29, 0.717) is 17.5 Å². The van der Waals surface area contributed by atoms with Gasteiger partial charge in [-0.1, -0.05) is 206 Å². The van der Waals surface area contributed by atoms with Crippen molar-refractivity contribution in [1.82, 2.24) is 15.0 Å². The summed E-state index contributed by atoms with van der Waals surface area (Å²) in [4.78, 5) is 18.2. The van der Waals surface area contributed by atoms with Crippen molar-refractivity contribution in [2.45, 2.75) is 12.0 Å². The van der Waals surface area contributed by atoms with Crippen LogP contribution in [0.25, 0.3) is 95.7 Å². The molecule has 2 atom stereocenters. The molecule has 0 fully saturated rings. The summed E-state index contributed by atoms with van der Waals surface area (Å²) < 4.78 is 6.99. The SMILES string of the molecule is C1=CC2C(c3ccccc3N2c2cccc(-c3ccc(-c4ccccc4)cc3)c2)c2c1oc1c(-c3nc(-c4ccc(-c5ccccc5)cc4)nc(-c4cccc(-c5ccccc5)c4)n3)cccc21. The zero-order chi connectivity index (χ0) is 45.0. The Morgan fingerprint density at radius 1 is 0.382 bits per heavy atom. The molecule has 0 spiro atoms. The molecule has 0 saturated heterocycles. The van der Waals surface area contributed by atoms with E-state index in [4.69, 9.17) is 19.4 Å². The molecule has 320 valence electrons. The van der Waals surface area contributed by atoms with Gasteiger partial charge in [0, 0.05) is 39.4 Å². The van der Waals surface area contributed by atoms with Gasteiger partial charge in [-0.15, -0.1) is 0 Å². The maximum atomic E-state index is 6.99. The van der Waals surface area contributed by atoms with E-state index in [-0.39, 0.29) is 12.0 Å². The van der Waals surface area contributed by atoms with Crippen molar-refractivity contribution in [1.29, 1.82) is 0 Å². The molecule has 11 aromatic rings. The van der Waals surface area contributed by atoms with E-state index in [2.05, 4.69) is 235 Å². The first-order valence-corrected chi connectivity index (χ1v) is 23.2. The molecule has 5 nitrogen and oxygen atoms in total. The number of furan rings is 1. The minimum Gasteiger partial charge on any atom is -0.456 e. The minimum absolute atomic E-state index is 0.0323. The van der Waals surface area contributed by atoms with Crippen molar-refractivity contribution in [3.05, 3.63) is 253 Å². The van der Waals surface area contributed by atoms with Gasteiger partial charge in [0.05, 0.1) is 11.6 Å². The molecule has 9 aromatic carbocycles. The van der Waals surface area contributed by atoms with Gasteiger partial charge in [0.15, 0.2) is 17.5 Å². The van der Waals surface area contributed by atoms with Crippen LogP contribution in [0.15, 0.2) is 241 Å². The fourth-order valence-electron chi connectivity index (χ4n) is 10.2. The van der Waals surface area contributed by atoms with Gasteiger partial charge >= 0.3 is 0 Å². The molecule has 68 heavy (non-hydrogen) atoms. The van der Waals surface area contributed by atoms with Crippen LogP contribution in [0.2, 0.25) is 0 Å². The van der Waals surface area contributed by atoms with Crippen LogP contribution in [-0.2, 0) is 0 Å². The molecule has 5 heteroatoms. The van der Waals surface area contributed by atoms with Crippen LogP contribution in [0.3, 0.4) is 0 Å². The number of anilines is 2. The molecule has 2 aromatic heterocycles. The number of aromatic nitrogens is 3. The average Bonchev–Trinajstić information content (AvgIpc) is 3.98. The van der Waals surface area contributed by atoms with Gasteiger partial charge in [-0.3, -0.25) is 0 Å². The van der Waals surface area contributed by atoms with Gasteiger partial charge in [-0.05, 0) is 86.5 Å². The van der Waals surface area contributed by atoms with E-state index < -0.39 is 0 Å². The second-order valence-corrected chi connectivity index (χ2v) is 17.5. The van der Waals surface area contributed by atoms with Gasteiger partial charge in [0.2, 0.25) is 0 Å². The molecular formula is C63H42N4O. The summed E-state index contributed by atoms with van der Waals surface area (Å²) in [7, 11) is 0. The predicted molar refractivity (Wildman–Crippen MR) is 277 cm³/mol. The lowest BCUT2D eigenvalue weighted by atomic mass is 9.82. The van der Waals surface area contributed by atoms with Crippen LogP contribution in [0.1, 0.15) is 22.8 Å². The summed E-state index contributed by atoms with van der Waals surface area (Å²) in [6.07, 6.45) is 4.48. The molecule has 3 heterocycles. The van der Waals surface area contributed by atoms with Gasteiger partial charge in [0.1, 0.15) is 11.3 Å². The topological polar surface area (TPSA) is 55.1 Å². The number of nitrogens with zero attached hydrogens (tertiary/aromatic N) is 4.